The Labute approximate surface area is 164 Å². The summed E-state index contributed by atoms with van der Waals surface area (Å²) in [7, 11) is 1.49. The van der Waals surface area contributed by atoms with Gasteiger partial charge < -0.3 is 14.2 Å². The maximum atomic E-state index is 12.6. The Morgan fingerprint density at radius 3 is 2.00 bits per heavy atom. The maximum absolute atomic E-state index is 12.6. The van der Waals surface area contributed by atoms with Crippen LogP contribution in [-0.4, -0.2) is 31.3 Å². The number of benzene rings is 1. The van der Waals surface area contributed by atoms with E-state index in [0.29, 0.717) is 6.42 Å². The molecule has 5 heteroatoms. The van der Waals surface area contributed by atoms with Crippen molar-refractivity contribution in [3.05, 3.63) is 23.3 Å². The van der Waals surface area contributed by atoms with E-state index < -0.39 is 7.12 Å². The number of nitrogens with zero attached hydrogens (tertiary/aromatic N) is 1. The van der Waals surface area contributed by atoms with Gasteiger partial charge in [-0.1, -0.05) is 46.8 Å². The van der Waals surface area contributed by atoms with Gasteiger partial charge >= 0.3 is 7.12 Å². The van der Waals surface area contributed by atoms with E-state index in [1.54, 1.807) is 0 Å². The van der Waals surface area contributed by atoms with Crippen LogP contribution in [0.2, 0.25) is 0 Å². The predicted molar refractivity (Wildman–Crippen MR) is 112 cm³/mol. The molecule has 0 saturated carbocycles. The predicted octanol–water partition coefficient (Wildman–Crippen LogP) is 3.93. The molecule has 0 spiro atoms. The second-order valence-electron chi connectivity index (χ2n) is 10.8. The van der Waals surface area contributed by atoms with Crippen LogP contribution in [0.5, 0.6) is 0 Å². The van der Waals surface area contributed by atoms with Crippen LogP contribution in [0, 0.1) is 0 Å². The number of amides is 1. The fraction of sp³-hybridized carbons (Fsp3) is 0.682. The van der Waals surface area contributed by atoms with Gasteiger partial charge in [0.25, 0.3) is 0 Å². The van der Waals surface area contributed by atoms with Gasteiger partial charge in [-0.25, -0.2) is 0 Å². The Hall–Kier alpha value is -1.33. The SMILES string of the molecule is CN1C(=O)CC(C)(C)c2cc(B3OC(C)(C)C(C)(C)O3)cc(C(C)(C)C)c21. The van der Waals surface area contributed by atoms with Gasteiger partial charge in [0.2, 0.25) is 5.91 Å². The molecule has 1 amide bonds. The zero-order valence-electron chi connectivity index (χ0n) is 18.6. The Morgan fingerprint density at radius 2 is 1.52 bits per heavy atom. The van der Waals surface area contributed by atoms with E-state index in [9.17, 15) is 4.79 Å². The highest BCUT2D eigenvalue weighted by atomic mass is 16.7. The largest absolute Gasteiger partial charge is 0.494 e. The standard InChI is InChI=1S/C22H34BNO3/c1-19(2,3)15-11-14(23-26-21(6,7)22(8,9)27-23)12-16-18(15)24(10)17(25)13-20(16,4)5/h11-12H,13H2,1-10H3. The first-order valence-electron chi connectivity index (χ1n) is 9.88. The van der Waals surface area contributed by atoms with Crippen LogP contribution in [0.1, 0.15) is 79.9 Å². The van der Waals surface area contributed by atoms with Crippen molar-refractivity contribution in [2.75, 3.05) is 11.9 Å². The third kappa shape index (κ3) is 3.23. The summed E-state index contributed by atoms with van der Waals surface area (Å²) in [6.45, 7) is 19.2. The molecule has 0 radical (unpaired) electrons. The number of fused-ring (bicyclic) bond motifs is 1. The lowest BCUT2D eigenvalue weighted by molar-refractivity contribution is -0.119. The summed E-state index contributed by atoms with van der Waals surface area (Å²) in [5.74, 6) is 0.168. The molecular weight excluding hydrogens is 337 g/mol. The van der Waals surface area contributed by atoms with Crippen LogP contribution >= 0.6 is 0 Å². The summed E-state index contributed by atoms with van der Waals surface area (Å²) in [6.07, 6.45) is 0.507. The Balaban J connectivity index is 2.22. The Kier molecular flexibility index (Phi) is 4.41. The summed E-state index contributed by atoms with van der Waals surface area (Å²) in [6, 6.07) is 4.36. The first-order chi connectivity index (χ1) is 12.1. The van der Waals surface area contributed by atoms with E-state index in [2.05, 4.69) is 74.4 Å². The van der Waals surface area contributed by atoms with Crippen molar-refractivity contribution in [2.24, 2.45) is 0 Å². The molecule has 2 heterocycles. The van der Waals surface area contributed by atoms with Gasteiger partial charge in [0.05, 0.1) is 16.9 Å². The van der Waals surface area contributed by atoms with Crippen molar-refractivity contribution < 1.29 is 14.1 Å². The van der Waals surface area contributed by atoms with Gasteiger partial charge in [0.15, 0.2) is 0 Å². The molecule has 27 heavy (non-hydrogen) atoms. The minimum atomic E-state index is -0.403. The molecule has 1 saturated heterocycles. The molecule has 0 N–H and O–H groups in total. The molecule has 2 aliphatic heterocycles. The first-order valence-corrected chi connectivity index (χ1v) is 9.88. The molecule has 0 unspecified atom stereocenters. The van der Waals surface area contributed by atoms with Crippen molar-refractivity contribution in [3.63, 3.8) is 0 Å². The van der Waals surface area contributed by atoms with Gasteiger partial charge in [-0.3, -0.25) is 4.79 Å². The number of carbonyl (C=O) groups excluding carboxylic acids is 1. The van der Waals surface area contributed by atoms with Crippen molar-refractivity contribution in [1.82, 2.24) is 0 Å². The highest BCUT2D eigenvalue weighted by molar-refractivity contribution is 6.62. The third-order valence-corrected chi connectivity index (χ3v) is 6.50. The van der Waals surface area contributed by atoms with E-state index in [-0.39, 0.29) is 27.9 Å². The van der Waals surface area contributed by atoms with Gasteiger partial charge in [0.1, 0.15) is 0 Å². The van der Waals surface area contributed by atoms with Crippen LogP contribution in [-0.2, 0) is 24.9 Å². The zero-order chi connectivity index (χ0) is 20.6. The molecule has 0 atom stereocenters. The fourth-order valence-electron chi connectivity index (χ4n) is 3.94. The summed E-state index contributed by atoms with van der Waals surface area (Å²) >= 11 is 0. The molecule has 0 aliphatic carbocycles. The number of carbonyl (C=O) groups is 1. The van der Waals surface area contributed by atoms with E-state index in [1.807, 2.05) is 11.9 Å². The smallest absolute Gasteiger partial charge is 0.399 e. The van der Waals surface area contributed by atoms with Gasteiger partial charge in [0, 0.05) is 18.9 Å². The third-order valence-electron chi connectivity index (χ3n) is 6.50. The average Bonchev–Trinajstić information content (AvgIpc) is 2.71. The van der Waals surface area contributed by atoms with Crippen molar-refractivity contribution >= 4 is 24.2 Å². The van der Waals surface area contributed by atoms with Crippen LogP contribution in [0.25, 0.3) is 0 Å². The highest BCUT2D eigenvalue weighted by Gasteiger charge is 2.52. The maximum Gasteiger partial charge on any atom is 0.494 e. The summed E-state index contributed by atoms with van der Waals surface area (Å²) in [5.41, 5.74) is 3.35. The molecule has 0 bridgehead atoms. The van der Waals surface area contributed by atoms with E-state index in [0.717, 1.165) is 16.7 Å². The lowest BCUT2D eigenvalue weighted by atomic mass is 9.68. The van der Waals surface area contributed by atoms with Gasteiger partial charge in [-0.2, -0.15) is 0 Å². The van der Waals surface area contributed by atoms with Crippen molar-refractivity contribution in [2.45, 2.75) is 90.8 Å². The lowest BCUT2D eigenvalue weighted by Crippen LogP contribution is -2.44. The topological polar surface area (TPSA) is 38.8 Å². The summed E-state index contributed by atoms with van der Waals surface area (Å²) < 4.78 is 12.6. The van der Waals surface area contributed by atoms with E-state index >= 15 is 0 Å². The van der Waals surface area contributed by atoms with Crippen LogP contribution in [0.15, 0.2) is 12.1 Å². The molecule has 4 nitrogen and oxygen atoms in total. The molecule has 0 aromatic heterocycles. The number of hydrogen-bond acceptors (Lipinski definition) is 3. The molecular formula is C22H34BNO3. The Bertz CT molecular complexity index is 756. The minimum Gasteiger partial charge on any atom is -0.399 e. The van der Waals surface area contributed by atoms with Crippen LogP contribution in [0.3, 0.4) is 0 Å². The number of rotatable bonds is 1. The fourth-order valence-corrected chi connectivity index (χ4v) is 3.94. The normalized spacial score (nSPS) is 23.6. The highest BCUT2D eigenvalue weighted by Crippen LogP contribution is 2.45. The summed E-state index contributed by atoms with van der Waals surface area (Å²) in [4.78, 5) is 14.5. The van der Waals surface area contributed by atoms with Crippen LogP contribution in [0.4, 0.5) is 5.69 Å². The van der Waals surface area contributed by atoms with Crippen LogP contribution < -0.4 is 10.4 Å². The number of hydrogen-bond donors (Lipinski definition) is 0. The second kappa shape index (κ2) is 5.84. The summed E-state index contributed by atoms with van der Waals surface area (Å²) in [5, 5.41) is 0. The van der Waals surface area contributed by atoms with Crippen molar-refractivity contribution in [1.29, 1.82) is 0 Å². The Morgan fingerprint density at radius 1 is 1.00 bits per heavy atom. The quantitative estimate of drug-likeness (QED) is 0.703. The molecule has 1 aromatic carbocycles. The van der Waals surface area contributed by atoms with Crippen molar-refractivity contribution in [3.8, 4) is 0 Å². The minimum absolute atomic E-state index is 0.105. The molecule has 1 aromatic rings. The lowest BCUT2D eigenvalue weighted by Gasteiger charge is -2.41. The van der Waals surface area contributed by atoms with Gasteiger partial charge in [-0.05, 0) is 49.7 Å². The van der Waals surface area contributed by atoms with E-state index in [4.69, 9.17) is 9.31 Å². The molecule has 148 valence electrons. The molecule has 3 rings (SSSR count). The first kappa shape index (κ1) is 20.4. The molecule has 1 fully saturated rings. The van der Waals surface area contributed by atoms with Gasteiger partial charge in [-0.15, -0.1) is 0 Å². The van der Waals surface area contributed by atoms with E-state index in [1.165, 1.54) is 5.56 Å². The number of anilines is 1. The second-order valence-corrected chi connectivity index (χ2v) is 10.8. The average molecular weight is 371 g/mol. The molecule has 2 aliphatic rings. The zero-order valence-corrected chi connectivity index (χ0v) is 18.6. The monoisotopic (exact) mass is 371 g/mol.